The zero-order chi connectivity index (χ0) is 36.2. The van der Waals surface area contributed by atoms with Crippen LogP contribution in [0.15, 0.2) is 16.6 Å². The third kappa shape index (κ3) is 5.99. The van der Waals surface area contributed by atoms with Crippen molar-refractivity contribution in [3.63, 3.8) is 0 Å². The number of aliphatic carboxylic acids is 1. The van der Waals surface area contributed by atoms with Crippen LogP contribution in [-0.4, -0.2) is 67.6 Å². The number of hydrogen-bond donors (Lipinski definition) is 3. The number of carbonyl (C=O) groups excluding carboxylic acids is 1. The smallest absolute Gasteiger partial charge is 0.307 e. The van der Waals surface area contributed by atoms with E-state index >= 15 is 0 Å². The Hall–Kier alpha value is -2.64. The quantitative estimate of drug-likeness (QED) is 0.0636. The number of carbonyl (C=O) groups is 2. The molecule has 0 amide bonds. The monoisotopic (exact) mass is 682 g/mol. The van der Waals surface area contributed by atoms with E-state index in [0.29, 0.717) is 44.7 Å². The number of hydrogen-bond acceptors (Lipinski definition) is 7. The molecule has 1 unspecified atom stereocenters. The lowest BCUT2D eigenvalue weighted by atomic mass is 9.34. The Kier molecular flexibility index (Phi) is 10.4. The molecule has 49 heavy (non-hydrogen) atoms. The molecule has 1 heterocycles. The van der Waals surface area contributed by atoms with Crippen LogP contribution in [0.2, 0.25) is 0 Å². The summed E-state index contributed by atoms with van der Waals surface area (Å²) in [6, 6.07) is 0.111. The molecule has 10 heteroatoms. The number of carboxylic acids is 1. The van der Waals surface area contributed by atoms with Crippen molar-refractivity contribution in [1.82, 2.24) is 10.6 Å². The first-order valence-electron chi connectivity index (χ1n) is 18.7. The molecule has 3 N–H and O–H groups in total. The summed E-state index contributed by atoms with van der Waals surface area (Å²) in [6.45, 7) is 23.2. The number of aliphatic imine (C=N–C) groups is 1. The molecule has 4 fully saturated rings. The van der Waals surface area contributed by atoms with Gasteiger partial charge < -0.3 is 30.0 Å². The fourth-order valence-corrected chi connectivity index (χ4v) is 12.0. The molecule has 0 radical (unpaired) electrons. The number of nitrogens with zero attached hydrogens (tertiary/aromatic N) is 2. The van der Waals surface area contributed by atoms with Crippen molar-refractivity contribution in [3.05, 3.63) is 11.6 Å². The number of nitriles is 1. The molecule has 1 aliphatic heterocycles. The van der Waals surface area contributed by atoms with E-state index in [1.165, 1.54) is 12.5 Å². The van der Waals surface area contributed by atoms with E-state index in [1.807, 2.05) is 20.0 Å². The molecule has 2 bridgehead atoms. The van der Waals surface area contributed by atoms with Gasteiger partial charge in [0.2, 0.25) is 12.2 Å². The first-order valence-corrected chi connectivity index (χ1v) is 18.7. The maximum atomic E-state index is 13.4. The second-order valence-corrected chi connectivity index (χ2v) is 17.8. The van der Waals surface area contributed by atoms with Gasteiger partial charge in [0.1, 0.15) is 12.2 Å². The number of allylic oxidation sites excluding steroid dienone is 1. The van der Waals surface area contributed by atoms with Gasteiger partial charge in [-0.2, -0.15) is 5.26 Å². The Morgan fingerprint density at radius 2 is 1.82 bits per heavy atom. The third-order valence-corrected chi connectivity index (χ3v) is 14.7. The van der Waals surface area contributed by atoms with Crippen LogP contribution in [-0.2, 0) is 23.8 Å². The van der Waals surface area contributed by atoms with E-state index in [0.717, 1.165) is 32.1 Å². The van der Waals surface area contributed by atoms with Gasteiger partial charge in [0.25, 0.3) is 0 Å². The van der Waals surface area contributed by atoms with Crippen LogP contribution in [0.1, 0.15) is 108 Å². The minimum absolute atomic E-state index is 0.111. The number of rotatable bonds is 9. The van der Waals surface area contributed by atoms with E-state index in [-0.39, 0.29) is 52.1 Å². The molecular formula is C39H62N4O6. The number of fused-ring (bicyclic) bond motifs is 3. The van der Waals surface area contributed by atoms with E-state index in [2.05, 4.69) is 70.2 Å². The second-order valence-electron chi connectivity index (χ2n) is 17.8. The first kappa shape index (κ1) is 37.6. The van der Waals surface area contributed by atoms with Crippen LogP contribution in [0, 0.1) is 68.1 Å². The van der Waals surface area contributed by atoms with E-state index in [9.17, 15) is 14.7 Å². The second kappa shape index (κ2) is 13.5. The summed E-state index contributed by atoms with van der Waals surface area (Å²) in [4.78, 5) is 29.8. The summed E-state index contributed by atoms with van der Waals surface area (Å²) >= 11 is 0. The highest BCUT2D eigenvalue weighted by Gasteiger charge is 2.72. The highest BCUT2D eigenvalue weighted by Crippen LogP contribution is 2.75. The van der Waals surface area contributed by atoms with Gasteiger partial charge in [-0.3, -0.25) is 9.59 Å². The lowest BCUT2D eigenvalue weighted by molar-refractivity contribution is -0.266. The average Bonchev–Trinajstić information content (AvgIpc) is 2.99. The number of esters is 1. The molecule has 0 aromatic rings. The van der Waals surface area contributed by atoms with Gasteiger partial charge in [0, 0.05) is 30.3 Å². The molecular weight excluding hydrogens is 620 g/mol. The van der Waals surface area contributed by atoms with Gasteiger partial charge in [0.15, 0.2) is 0 Å². The Bertz CT molecular complexity index is 1390. The molecule has 3 saturated carbocycles. The van der Waals surface area contributed by atoms with Gasteiger partial charge in [0.05, 0.1) is 25.7 Å². The Morgan fingerprint density at radius 1 is 1.10 bits per heavy atom. The van der Waals surface area contributed by atoms with Crippen molar-refractivity contribution in [3.8, 4) is 6.19 Å². The molecule has 0 spiro atoms. The number of nitrogens with one attached hydrogen (secondary N) is 2. The maximum absolute atomic E-state index is 13.4. The van der Waals surface area contributed by atoms with E-state index < -0.39 is 28.8 Å². The van der Waals surface area contributed by atoms with Crippen molar-refractivity contribution >= 4 is 17.9 Å². The normalized spacial score (nSPS) is 42.1. The SMILES string of the molecule is CC(=O)O[C@@H]1C[C@@]23COC[C@@](C)(C2CC[C@H]2C3=CC[C@@]3(C)[C@H](C(=O)O)[C@@](C)([C@H](C)C(C)C)CC[C@]23C)[C@H]1OCCN/C(=N\C#N)NC(C)C. The summed E-state index contributed by atoms with van der Waals surface area (Å²) in [5.41, 5.74) is -0.173. The zero-order valence-electron chi connectivity index (χ0n) is 31.7. The average molecular weight is 683 g/mol. The maximum Gasteiger partial charge on any atom is 0.307 e. The van der Waals surface area contributed by atoms with Gasteiger partial charge in [-0.25, -0.2) is 0 Å². The van der Waals surface area contributed by atoms with Crippen molar-refractivity contribution < 1.29 is 28.9 Å². The van der Waals surface area contributed by atoms with Crippen molar-refractivity contribution in [2.45, 2.75) is 126 Å². The van der Waals surface area contributed by atoms with E-state index in [4.69, 9.17) is 19.5 Å². The molecule has 0 aromatic heterocycles. The summed E-state index contributed by atoms with van der Waals surface area (Å²) in [6.07, 6.45) is 8.69. The van der Waals surface area contributed by atoms with Gasteiger partial charge >= 0.3 is 11.9 Å². The summed E-state index contributed by atoms with van der Waals surface area (Å²) in [5, 5.41) is 26.4. The fraction of sp³-hybridized carbons (Fsp3) is 0.846. The van der Waals surface area contributed by atoms with Crippen LogP contribution in [0.3, 0.4) is 0 Å². The Morgan fingerprint density at radius 3 is 2.43 bits per heavy atom. The van der Waals surface area contributed by atoms with Gasteiger partial charge in [-0.05, 0) is 92.3 Å². The molecule has 10 nitrogen and oxygen atoms in total. The fourth-order valence-electron chi connectivity index (χ4n) is 12.0. The van der Waals surface area contributed by atoms with Crippen molar-refractivity contribution in [2.75, 3.05) is 26.4 Å². The highest BCUT2D eigenvalue weighted by atomic mass is 16.6. The molecule has 4 aliphatic carbocycles. The lowest BCUT2D eigenvalue weighted by Gasteiger charge is -2.71. The number of ether oxygens (including phenoxy) is 3. The van der Waals surface area contributed by atoms with Crippen LogP contribution in [0.5, 0.6) is 0 Å². The van der Waals surface area contributed by atoms with E-state index in [1.54, 1.807) is 0 Å². The minimum atomic E-state index is -0.659. The van der Waals surface area contributed by atoms with Crippen LogP contribution >= 0.6 is 0 Å². The molecule has 5 aliphatic rings. The van der Waals surface area contributed by atoms with Crippen LogP contribution < -0.4 is 10.6 Å². The third-order valence-electron chi connectivity index (χ3n) is 14.7. The zero-order valence-corrected chi connectivity index (χ0v) is 31.7. The largest absolute Gasteiger partial charge is 0.481 e. The van der Waals surface area contributed by atoms with Crippen molar-refractivity contribution in [1.29, 1.82) is 5.26 Å². The number of carboxylic acid groups (broad SMARTS) is 1. The molecule has 5 rings (SSSR count). The summed E-state index contributed by atoms with van der Waals surface area (Å²) in [7, 11) is 0. The minimum Gasteiger partial charge on any atom is -0.481 e. The van der Waals surface area contributed by atoms with Crippen LogP contribution in [0.4, 0.5) is 0 Å². The molecule has 11 atom stereocenters. The van der Waals surface area contributed by atoms with Gasteiger partial charge in [-0.1, -0.05) is 60.1 Å². The van der Waals surface area contributed by atoms with Crippen LogP contribution in [0.25, 0.3) is 0 Å². The molecule has 1 saturated heterocycles. The first-order chi connectivity index (χ1) is 22.9. The standard InChI is InChI=1S/C39H62N4O6/c1-23(2)25(5)35(7)15-16-37(9)27-11-12-30-36(8)20-47-21-39(30,28(27)13-14-38(37,10)31(35)33(45)46)19-29(49-26(6)44)32(36)48-18-17-41-34(42-22-40)43-24(3)4/h13,23-25,27,29-32H,11-12,14-21H2,1-10H3,(H,45,46)(H2,41,42,43)/t25-,27+,29-,30?,31-,32+,35-,36+,37-,38+,39+/m1/s1. The molecule has 274 valence electrons. The predicted molar refractivity (Wildman–Crippen MR) is 188 cm³/mol. The lowest BCUT2D eigenvalue weighted by Crippen LogP contribution is -2.70. The topological polar surface area (TPSA) is 142 Å². The predicted octanol–water partition coefficient (Wildman–Crippen LogP) is 6.32. The van der Waals surface area contributed by atoms with Crippen molar-refractivity contribution in [2.24, 2.45) is 61.7 Å². The van der Waals surface area contributed by atoms with Gasteiger partial charge in [-0.15, -0.1) is 4.99 Å². The molecule has 0 aromatic carbocycles. The number of guanidine groups is 1. The Balaban J connectivity index is 1.48. The Labute approximate surface area is 294 Å². The summed E-state index contributed by atoms with van der Waals surface area (Å²) in [5.74, 6) is 0.177. The summed E-state index contributed by atoms with van der Waals surface area (Å²) < 4.78 is 19.4. The highest BCUT2D eigenvalue weighted by molar-refractivity contribution is 5.80.